The molecule has 1 aromatic rings. The Bertz CT molecular complexity index is 405. The third-order valence-corrected chi connectivity index (χ3v) is 2.91. The number of carbonyl (C=O) groups is 1. The largest absolute Gasteiger partial charge is 0.464 e. The van der Waals surface area contributed by atoms with E-state index >= 15 is 0 Å². The van der Waals surface area contributed by atoms with Crippen LogP contribution in [-0.4, -0.2) is 23.9 Å². The molecule has 19 heavy (non-hydrogen) atoms. The first-order valence-corrected chi connectivity index (χ1v) is 6.50. The maximum absolute atomic E-state index is 14.4. The first kappa shape index (κ1) is 15.6. The van der Waals surface area contributed by atoms with E-state index in [0.29, 0.717) is 5.56 Å². The van der Waals surface area contributed by atoms with Gasteiger partial charge in [0.25, 0.3) is 0 Å². The van der Waals surface area contributed by atoms with Crippen molar-refractivity contribution in [1.29, 1.82) is 0 Å². The van der Waals surface area contributed by atoms with Gasteiger partial charge in [0.1, 0.15) is 5.60 Å². The zero-order valence-electron chi connectivity index (χ0n) is 11.6. The predicted molar refractivity (Wildman–Crippen MR) is 71.3 cm³/mol. The van der Waals surface area contributed by atoms with E-state index in [4.69, 9.17) is 0 Å². The van der Waals surface area contributed by atoms with E-state index in [1.807, 2.05) is 13.8 Å². The van der Waals surface area contributed by atoms with E-state index in [2.05, 4.69) is 4.74 Å². The molecule has 0 saturated heterocycles. The minimum Gasteiger partial charge on any atom is -0.464 e. The molecule has 1 rings (SSSR count). The highest BCUT2D eigenvalue weighted by Crippen LogP contribution is 2.34. The number of hydrogen-bond donors (Lipinski definition) is 1. The van der Waals surface area contributed by atoms with Crippen molar-refractivity contribution in [2.45, 2.75) is 39.0 Å². The Kier molecular flexibility index (Phi) is 5.48. The van der Waals surface area contributed by atoms with Gasteiger partial charge in [-0.3, -0.25) is 0 Å². The number of alkyl halides is 1. The van der Waals surface area contributed by atoms with Gasteiger partial charge in [-0.25, -0.2) is 9.18 Å². The summed E-state index contributed by atoms with van der Waals surface area (Å²) in [6.07, 6.45) is -1.94. The number of ether oxygens (including phenoxy) is 1. The summed E-state index contributed by atoms with van der Waals surface area (Å²) >= 11 is 0. The number of benzene rings is 1. The Hall–Kier alpha value is -1.42. The molecule has 0 aliphatic rings. The third-order valence-electron chi connectivity index (χ3n) is 2.91. The fourth-order valence-electron chi connectivity index (χ4n) is 2.13. The summed E-state index contributed by atoms with van der Waals surface area (Å²) in [5, 5.41) is 10.6. The van der Waals surface area contributed by atoms with Crippen molar-refractivity contribution in [3.05, 3.63) is 35.9 Å². The predicted octanol–water partition coefficient (Wildman–Crippen LogP) is 2.82. The topological polar surface area (TPSA) is 46.5 Å². The molecule has 0 fully saturated rings. The Labute approximate surface area is 113 Å². The van der Waals surface area contributed by atoms with Gasteiger partial charge in [0, 0.05) is 0 Å². The lowest BCUT2D eigenvalue weighted by molar-refractivity contribution is -0.163. The molecule has 0 amide bonds. The van der Waals surface area contributed by atoms with Crippen LogP contribution in [0.5, 0.6) is 0 Å². The lowest BCUT2D eigenvalue weighted by Crippen LogP contribution is -2.43. The molecule has 2 atom stereocenters. The summed E-state index contributed by atoms with van der Waals surface area (Å²) in [7, 11) is 0. The molecule has 106 valence electrons. The molecular formula is C15H21FO3. The molecule has 1 aromatic carbocycles. The first-order valence-electron chi connectivity index (χ1n) is 6.50. The van der Waals surface area contributed by atoms with Crippen molar-refractivity contribution in [2.24, 2.45) is 5.92 Å². The van der Waals surface area contributed by atoms with Crippen LogP contribution in [0.4, 0.5) is 4.39 Å². The van der Waals surface area contributed by atoms with E-state index in [9.17, 15) is 14.3 Å². The van der Waals surface area contributed by atoms with Gasteiger partial charge in [0.15, 0.2) is 0 Å². The van der Waals surface area contributed by atoms with Crippen LogP contribution in [0.25, 0.3) is 0 Å². The molecule has 0 spiro atoms. The number of aliphatic hydroxyl groups is 1. The third kappa shape index (κ3) is 3.77. The van der Waals surface area contributed by atoms with Gasteiger partial charge >= 0.3 is 5.97 Å². The average Bonchev–Trinajstić information content (AvgIpc) is 2.38. The monoisotopic (exact) mass is 268 g/mol. The second kappa shape index (κ2) is 6.66. The molecule has 0 heterocycles. The Morgan fingerprint density at radius 2 is 1.95 bits per heavy atom. The molecule has 3 nitrogen and oxygen atoms in total. The molecule has 0 radical (unpaired) electrons. The standard InChI is InChI=1S/C15H21FO3/c1-4-19-14(17)13(16)15(18,10-11(2)3)12-8-6-5-7-9-12/h5-9,11,13,18H,4,10H2,1-3H3/t13?,15-/m0/s1. The summed E-state index contributed by atoms with van der Waals surface area (Å²) in [6, 6.07) is 8.43. The highest BCUT2D eigenvalue weighted by Gasteiger charge is 2.44. The molecule has 4 heteroatoms. The van der Waals surface area contributed by atoms with Gasteiger partial charge < -0.3 is 9.84 Å². The summed E-state index contributed by atoms with van der Waals surface area (Å²) in [5.41, 5.74) is -1.45. The number of hydrogen-bond acceptors (Lipinski definition) is 3. The van der Waals surface area contributed by atoms with E-state index in [0.717, 1.165) is 0 Å². The lowest BCUT2D eigenvalue weighted by atomic mass is 9.82. The summed E-state index contributed by atoms with van der Waals surface area (Å²) in [4.78, 5) is 11.6. The second-order valence-electron chi connectivity index (χ2n) is 5.00. The Morgan fingerprint density at radius 3 is 2.42 bits per heavy atom. The Morgan fingerprint density at radius 1 is 1.37 bits per heavy atom. The van der Waals surface area contributed by atoms with Crippen LogP contribution in [0.3, 0.4) is 0 Å². The number of halogens is 1. The lowest BCUT2D eigenvalue weighted by Gasteiger charge is -2.32. The van der Waals surface area contributed by atoms with Crippen molar-refractivity contribution in [3.8, 4) is 0 Å². The van der Waals surface area contributed by atoms with Crippen LogP contribution >= 0.6 is 0 Å². The minimum absolute atomic E-state index is 0.0397. The number of carbonyl (C=O) groups excluding carboxylic acids is 1. The first-order chi connectivity index (χ1) is 8.91. The van der Waals surface area contributed by atoms with E-state index in [1.54, 1.807) is 37.3 Å². The zero-order valence-corrected chi connectivity index (χ0v) is 11.6. The van der Waals surface area contributed by atoms with Crippen LogP contribution in [-0.2, 0) is 15.1 Å². The average molecular weight is 268 g/mol. The van der Waals surface area contributed by atoms with Crippen molar-refractivity contribution in [2.75, 3.05) is 6.61 Å². The number of esters is 1. The van der Waals surface area contributed by atoms with Gasteiger partial charge in [-0.2, -0.15) is 0 Å². The van der Waals surface area contributed by atoms with Crippen LogP contribution in [0.1, 0.15) is 32.8 Å². The zero-order chi connectivity index (χ0) is 14.5. The van der Waals surface area contributed by atoms with Crippen LogP contribution < -0.4 is 0 Å². The maximum atomic E-state index is 14.4. The van der Waals surface area contributed by atoms with Gasteiger partial charge in [-0.1, -0.05) is 44.2 Å². The molecule has 0 aromatic heterocycles. The molecule has 1 N–H and O–H groups in total. The van der Waals surface area contributed by atoms with Crippen molar-refractivity contribution in [3.63, 3.8) is 0 Å². The van der Waals surface area contributed by atoms with E-state index in [-0.39, 0.29) is 18.9 Å². The van der Waals surface area contributed by atoms with Crippen LogP contribution in [0.2, 0.25) is 0 Å². The molecular weight excluding hydrogens is 247 g/mol. The fourth-order valence-corrected chi connectivity index (χ4v) is 2.13. The summed E-state index contributed by atoms with van der Waals surface area (Å²) in [6.45, 7) is 5.43. The van der Waals surface area contributed by atoms with Gasteiger partial charge in [0.05, 0.1) is 6.61 Å². The molecule has 0 saturated carbocycles. The highest BCUT2D eigenvalue weighted by atomic mass is 19.1. The summed E-state index contributed by atoms with van der Waals surface area (Å²) < 4.78 is 19.0. The van der Waals surface area contributed by atoms with E-state index in [1.165, 1.54) is 0 Å². The van der Waals surface area contributed by atoms with Crippen molar-refractivity contribution < 1.29 is 19.0 Å². The number of rotatable bonds is 6. The van der Waals surface area contributed by atoms with Crippen molar-refractivity contribution >= 4 is 5.97 Å². The van der Waals surface area contributed by atoms with Gasteiger partial charge in [0.2, 0.25) is 6.17 Å². The highest BCUT2D eigenvalue weighted by molar-refractivity contribution is 5.76. The van der Waals surface area contributed by atoms with Crippen LogP contribution in [0, 0.1) is 5.92 Å². The quantitative estimate of drug-likeness (QED) is 0.807. The molecule has 0 bridgehead atoms. The van der Waals surface area contributed by atoms with Gasteiger partial charge in [-0.05, 0) is 24.8 Å². The smallest absolute Gasteiger partial charge is 0.344 e. The van der Waals surface area contributed by atoms with Crippen molar-refractivity contribution in [1.82, 2.24) is 0 Å². The van der Waals surface area contributed by atoms with E-state index < -0.39 is 17.7 Å². The second-order valence-corrected chi connectivity index (χ2v) is 5.00. The maximum Gasteiger partial charge on any atom is 0.344 e. The van der Waals surface area contributed by atoms with Gasteiger partial charge in [-0.15, -0.1) is 0 Å². The fraction of sp³-hybridized carbons (Fsp3) is 0.533. The molecule has 0 aliphatic heterocycles. The molecule has 1 unspecified atom stereocenters. The Balaban J connectivity index is 3.09. The summed E-state index contributed by atoms with van der Waals surface area (Å²) in [5.74, 6) is -0.979. The van der Waals surface area contributed by atoms with Crippen LogP contribution in [0.15, 0.2) is 30.3 Å². The normalized spacial score (nSPS) is 15.9. The SMILES string of the molecule is CCOC(=O)C(F)[C@](O)(CC(C)C)c1ccccc1. The minimum atomic E-state index is -2.09. The molecule has 0 aliphatic carbocycles.